The molecular weight excluding hydrogens is 634 g/mol. The second kappa shape index (κ2) is 16.0. The summed E-state index contributed by atoms with van der Waals surface area (Å²) in [6.07, 6.45) is 5.26. The highest BCUT2D eigenvalue weighted by molar-refractivity contribution is 7.92. The standard InChI is InChI=1S/C37H40ClN3O5S/c1-46-33-20-22-34(23-21-33)47(44,45)41(32-19-11-16-30(38)25-32)27-36(42)40(26-29-14-7-3-8-15-29)35(24-28-12-5-2-6-13-28)37(43)39-31-17-9-4-10-18-31/h2-3,5-8,11-16,19-23,25,31,35H,4,9-10,17-18,24,26-27H2,1H3,(H,39,43)/t35-/m0/s1. The molecule has 0 radical (unpaired) electrons. The minimum absolute atomic E-state index is 0.0171. The summed E-state index contributed by atoms with van der Waals surface area (Å²) in [5.74, 6) is -0.279. The van der Waals surface area contributed by atoms with Crippen molar-refractivity contribution < 1.29 is 22.7 Å². The average molecular weight is 674 g/mol. The van der Waals surface area contributed by atoms with Gasteiger partial charge in [0.1, 0.15) is 18.3 Å². The number of hydrogen-bond donors (Lipinski definition) is 1. The van der Waals surface area contributed by atoms with E-state index in [1.165, 1.54) is 30.2 Å². The monoisotopic (exact) mass is 673 g/mol. The van der Waals surface area contributed by atoms with Crippen molar-refractivity contribution in [2.75, 3.05) is 18.0 Å². The molecule has 1 N–H and O–H groups in total. The highest BCUT2D eigenvalue weighted by Gasteiger charge is 2.35. The van der Waals surface area contributed by atoms with E-state index in [9.17, 15) is 18.0 Å². The number of benzene rings is 4. The molecule has 0 aromatic heterocycles. The van der Waals surface area contributed by atoms with Gasteiger partial charge in [-0.2, -0.15) is 0 Å². The van der Waals surface area contributed by atoms with Crippen LogP contribution in [0.3, 0.4) is 0 Å². The Morgan fingerprint density at radius 1 is 0.851 bits per heavy atom. The number of nitrogens with zero attached hydrogens (tertiary/aromatic N) is 2. The van der Waals surface area contributed by atoms with Crippen LogP contribution in [0.1, 0.15) is 43.2 Å². The zero-order valence-corrected chi connectivity index (χ0v) is 28.0. The Balaban J connectivity index is 1.55. The molecule has 8 nitrogen and oxygen atoms in total. The third-order valence-electron chi connectivity index (χ3n) is 8.44. The van der Waals surface area contributed by atoms with Gasteiger partial charge in [0, 0.05) is 24.0 Å². The van der Waals surface area contributed by atoms with Gasteiger partial charge < -0.3 is 15.0 Å². The number of nitrogens with one attached hydrogen (secondary N) is 1. The van der Waals surface area contributed by atoms with Gasteiger partial charge in [0.2, 0.25) is 11.8 Å². The van der Waals surface area contributed by atoms with E-state index in [0.717, 1.165) is 47.5 Å². The lowest BCUT2D eigenvalue weighted by Gasteiger charge is -2.35. The van der Waals surface area contributed by atoms with Crippen molar-refractivity contribution in [1.29, 1.82) is 0 Å². The summed E-state index contributed by atoms with van der Waals surface area (Å²) in [5, 5.41) is 3.55. The lowest BCUT2D eigenvalue weighted by molar-refractivity contribution is -0.140. The largest absolute Gasteiger partial charge is 0.497 e. The Labute approximate surface area is 282 Å². The number of halogens is 1. The van der Waals surface area contributed by atoms with Crippen LogP contribution in [-0.2, 0) is 32.6 Å². The Hall–Kier alpha value is -4.34. The van der Waals surface area contributed by atoms with E-state index in [4.69, 9.17) is 16.3 Å². The van der Waals surface area contributed by atoms with E-state index in [-0.39, 0.29) is 35.5 Å². The maximum atomic E-state index is 14.6. The van der Waals surface area contributed by atoms with Gasteiger partial charge in [0.15, 0.2) is 0 Å². The predicted octanol–water partition coefficient (Wildman–Crippen LogP) is 6.63. The molecule has 47 heavy (non-hydrogen) atoms. The topological polar surface area (TPSA) is 96.0 Å². The zero-order chi connectivity index (χ0) is 33.2. The molecule has 0 aliphatic heterocycles. The zero-order valence-electron chi connectivity index (χ0n) is 26.4. The number of sulfonamides is 1. The maximum Gasteiger partial charge on any atom is 0.264 e. The van der Waals surface area contributed by atoms with Crippen molar-refractivity contribution in [3.8, 4) is 5.75 Å². The van der Waals surface area contributed by atoms with E-state index in [2.05, 4.69) is 5.32 Å². The second-order valence-corrected chi connectivity index (χ2v) is 14.0. The van der Waals surface area contributed by atoms with Crippen LogP contribution < -0.4 is 14.4 Å². The quantitative estimate of drug-likeness (QED) is 0.172. The lowest BCUT2D eigenvalue weighted by Crippen LogP contribution is -2.55. The van der Waals surface area contributed by atoms with Crippen molar-refractivity contribution in [2.45, 2.75) is 62.0 Å². The summed E-state index contributed by atoms with van der Waals surface area (Å²) in [5.41, 5.74) is 1.93. The van der Waals surface area contributed by atoms with Crippen molar-refractivity contribution >= 4 is 39.1 Å². The van der Waals surface area contributed by atoms with E-state index in [0.29, 0.717) is 10.8 Å². The first-order chi connectivity index (χ1) is 22.7. The Kier molecular flexibility index (Phi) is 11.6. The molecular formula is C37H40ClN3O5S. The van der Waals surface area contributed by atoms with Crippen molar-refractivity contribution in [3.05, 3.63) is 125 Å². The van der Waals surface area contributed by atoms with Crippen molar-refractivity contribution in [3.63, 3.8) is 0 Å². The molecule has 0 unspecified atom stereocenters. The van der Waals surface area contributed by atoms with Gasteiger partial charge in [-0.05, 0) is 66.4 Å². The summed E-state index contributed by atoms with van der Waals surface area (Å²) >= 11 is 6.32. The van der Waals surface area contributed by atoms with E-state index < -0.39 is 28.5 Å². The van der Waals surface area contributed by atoms with E-state index >= 15 is 0 Å². The third kappa shape index (κ3) is 8.93. The highest BCUT2D eigenvalue weighted by atomic mass is 35.5. The molecule has 4 aromatic carbocycles. The molecule has 1 aliphatic rings. The molecule has 10 heteroatoms. The molecule has 0 spiro atoms. The summed E-state index contributed by atoms with van der Waals surface area (Å²) in [6, 6.07) is 30.5. The summed E-state index contributed by atoms with van der Waals surface area (Å²) in [6.45, 7) is -0.440. The van der Waals surface area contributed by atoms with Crippen LogP contribution in [0.4, 0.5) is 5.69 Å². The van der Waals surface area contributed by atoms with E-state index in [1.54, 1.807) is 30.3 Å². The van der Waals surface area contributed by atoms with Crippen LogP contribution in [0.2, 0.25) is 5.02 Å². The molecule has 1 atom stereocenters. The van der Waals surface area contributed by atoms with Gasteiger partial charge in [-0.1, -0.05) is 97.6 Å². The number of hydrogen-bond acceptors (Lipinski definition) is 5. The molecule has 1 aliphatic carbocycles. The number of carbonyl (C=O) groups excluding carboxylic acids is 2. The minimum Gasteiger partial charge on any atom is -0.497 e. The molecule has 0 heterocycles. The number of methoxy groups -OCH3 is 1. The third-order valence-corrected chi connectivity index (χ3v) is 10.5. The molecule has 1 fully saturated rings. The van der Waals surface area contributed by atoms with Gasteiger partial charge in [0.25, 0.3) is 10.0 Å². The summed E-state index contributed by atoms with van der Waals surface area (Å²) < 4.78 is 34.7. The van der Waals surface area contributed by atoms with Gasteiger partial charge in [0.05, 0.1) is 17.7 Å². The summed E-state index contributed by atoms with van der Waals surface area (Å²) in [4.78, 5) is 30.3. The van der Waals surface area contributed by atoms with E-state index in [1.807, 2.05) is 60.7 Å². The Morgan fingerprint density at radius 2 is 1.49 bits per heavy atom. The van der Waals surface area contributed by atoms with Gasteiger partial charge in [-0.15, -0.1) is 0 Å². The molecule has 0 saturated heterocycles. The molecule has 2 amide bonds. The van der Waals surface area contributed by atoms with Gasteiger partial charge in [-0.25, -0.2) is 8.42 Å². The number of ether oxygens (including phenoxy) is 1. The average Bonchev–Trinajstić information content (AvgIpc) is 3.10. The van der Waals surface area contributed by atoms with Crippen molar-refractivity contribution in [1.82, 2.24) is 10.2 Å². The fraction of sp³-hybridized carbons (Fsp3) is 0.297. The first-order valence-electron chi connectivity index (χ1n) is 15.8. The Morgan fingerprint density at radius 3 is 2.11 bits per heavy atom. The minimum atomic E-state index is -4.25. The highest BCUT2D eigenvalue weighted by Crippen LogP contribution is 2.28. The van der Waals surface area contributed by atoms with Crippen LogP contribution in [0.15, 0.2) is 114 Å². The lowest BCUT2D eigenvalue weighted by atomic mass is 9.94. The van der Waals surface area contributed by atoms with Crippen LogP contribution in [-0.4, -0.2) is 50.9 Å². The SMILES string of the molecule is COc1ccc(S(=O)(=O)N(CC(=O)N(Cc2ccccc2)[C@@H](Cc2ccccc2)C(=O)NC2CCCCC2)c2cccc(Cl)c2)cc1. The van der Waals surface area contributed by atoms with Crippen LogP contribution in [0, 0.1) is 0 Å². The molecule has 0 bridgehead atoms. The Bertz CT molecular complexity index is 1730. The number of anilines is 1. The normalized spacial score (nSPS) is 14.2. The molecule has 246 valence electrons. The smallest absolute Gasteiger partial charge is 0.264 e. The fourth-order valence-corrected chi connectivity index (χ4v) is 7.50. The summed E-state index contributed by atoms with van der Waals surface area (Å²) in [7, 11) is -2.76. The van der Waals surface area contributed by atoms with Crippen LogP contribution in [0.25, 0.3) is 0 Å². The first kappa shape index (κ1) is 34.0. The van der Waals surface area contributed by atoms with Gasteiger partial charge in [-0.3, -0.25) is 13.9 Å². The number of rotatable bonds is 13. The van der Waals surface area contributed by atoms with Crippen molar-refractivity contribution in [2.24, 2.45) is 0 Å². The molecule has 5 rings (SSSR count). The number of carbonyl (C=O) groups is 2. The molecule has 4 aromatic rings. The van der Waals surface area contributed by atoms with Gasteiger partial charge >= 0.3 is 0 Å². The number of amides is 2. The fourth-order valence-electron chi connectivity index (χ4n) is 5.91. The first-order valence-corrected chi connectivity index (χ1v) is 17.7. The maximum absolute atomic E-state index is 14.6. The van der Waals surface area contributed by atoms with Crippen LogP contribution in [0.5, 0.6) is 5.75 Å². The molecule has 1 saturated carbocycles. The predicted molar refractivity (Wildman–Crippen MR) is 185 cm³/mol. The second-order valence-electron chi connectivity index (χ2n) is 11.7. The van der Waals surface area contributed by atoms with Crippen LogP contribution >= 0.6 is 11.6 Å².